The minimum atomic E-state index is -2.79. The first-order valence-corrected chi connectivity index (χ1v) is 23.8. The molecule has 0 unspecified atom stereocenters. The van der Waals surface area contributed by atoms with E-state index in [9.17, 15) is 0 Å². The molecule has 2 nitrogen and oxygen atoms in total. The van der Waals surface area contributed by atoms with E-state index >= 15 is 0 Å². The Hall–Kier alpha value is -7.98. The first-order chi connectivity index (χ1) is 31.3. The average Bonchev–Trinajstić information content (AvgIpc) is 3.88. The van der Waals surface area contributed by atoms with Crippen molar-refractivity contribution in [1.29, 1.82) is 0 Å². The molecule has 0 saturated heterocycles. The van der Waals surface area contributed by atoms with E-state index < -0.39 is 8.07 Å². The molecule has 0 fully saturated rings. The number of nitrogens with zero attached hydrogens (tertiary/aromatic N) is 2. The van der Waals surface area contributed by atoms with E-state index in [0.717, 1.165) is 11.4 Å². The Morgan fingerprint density at radius 3 is 1.35 bits per heavy atom. The molecule has 0 aliphatic heterocycles. The zero-order chi connectivity index (χ0) is 41.7. The van der Waals surface area contributed by atoms with Gasteiger partial charge < -0.3 is 9.13 Å². The van der Waals surface area contributed by atoms with Crippen molar-refractivity contribution in [2.45, 2.75) is 0 Å². The van der Waals surface area contributed by atoms with Gasteiger partial charge in [-0.15, -0.1) is 0 Å². The summed E-state index contributed by atoms with van der Waals surface area (Å²) >= 11 is 0. The lowest BCUT2D eigenvalue weighted by molar-refractivity contribution is 1.16. The van der Waals surface area contributed by atoms with Crippen LogP contribution in [0.5, 0.6) is 0 Å². The lowest BCUT2D eigenvalue weighted by Gasteiger charge is -2.34. The van der Waals surface area contributed by atoms with Gasteiger partial charge in [-0.1, -0.05) is 218 Å². The Balaban J connectivity index is 1.14. The van der Waals surface area contributed by atoms with E-state index in [2.05, 4.69) is 264 Å². The minimum absolute atomic E-state index is 1.13. The minimum Gasteiger partial charge on any atom is -0.309 e. The van der Waals surface area contributed by atoms with Crippen molar-refractivity contribution in [1.82, 2.24) is 9.13 Å². The quantitative estimate of drug-likeness (QED) is 0.107. The second-order valence-corrected chi connectivity index (χ2v) is 20.3. The molecular formula is C60H42N2Si. The van der Waals surface area contributed by atoms with Gasteiger partial charge in [-0.3, -0.25) is 0 Å². The highest BCUT2D eigenvalue weighted by Gasteiger charge is 2.41. The third kappa shape index (κ3) is 5.93. The Morgan fingerprint density at radius 1 is 0.254 bits per heavy atom. The van der Waals surface area contributed by atoms with E-state index in [0.29, 0.717) is 0 Å². The van der Waals surface area contributed by atoms with Crippen LogP contribution in [-0.4, -0.2) is 17.2 Å². The van der Waals surface area contributed by atoms with Crippen LogP contribution < -0.4 is 20.7 Å². The average molecular weight is 819 g/mol. The third-order valence-electron chi connectivity index (χ3n) is 13.1. The topological polar surface area (TPSA) is 9.86 Å². The zero-order valence-electron chi connectivity index (χ0n) is 34.6. The predicted octanol–water partition coefficient (Wildman–Crippen LogP) is 12.6. The fourth-order valence-electron chi connectivity index (χ4n) is 10.3. The lowest BCUT2D eigenvalue weighted by Crippen LogP contribution is -2.74. The van der Waals surface area contributed by atoms with Crippen LogP contribution in [0.4, 0.5) is 0 Å². The first-order valence-electron chi connectivity index (χ1n) is 21.8. The number of hydrogen-bond donors (Lipinski definition) is 0. The Bertz CT molecular complexity index is 3480. The molecule has 0 bridgehead atoms. The summed E-state index contributed by atoms with van der Waals surface area (Å²) in [5, 5.41) is 10.4. The smallest absolute Gasteiger partial charge is 0.179 e. The van der Waals surface area contributed by atoms with Gasteiger partial charge in [0, 0.05) is 38.5 Å². The van der Waals surface area contributed by atoms with Crippen LogP contribution in [0.25, 0.3) is 77.2 Å². The molecule has 0 aliphatic rings. The van der Waals surface area contributed by atoms with Gasteiger partial charge in [0.25, 0.3) is 0 Å². The van der Waals surface area contributed by atoms with Crippen molar-refractivity contribution in [2.75, 3.05) is 0 Å². The van der Waals surface area contributed by atoms with Crippen LogP contribution in [0.15, 0.2) is 255 Å². The maximum absolute atomic E-state index is 2.79. The standard InChI is InChI=1S/C60H42N2Si/c1-6-19-43(20-7-1)44-33-35-46(36-34-44)62-58-41-47(37-39-55(58)56-31-18-30-52(60(56)62)45-21-8-2-9-22-45)61-57-32-17-16-29-53(57)54-40-38-51(42-59(54)61)63(48-23-10-3-11-24-48,49-25-12-4-13-26-49)50-27-14-5-15-28-50/h1-42H. The molecule has 296 valence electrons. The van der Waals surface area contributed by atoms with Gasteiger partial charge >= 0.3 is 0 Å². The fourth-order valence-corrected chi connectivity index (χ4v) is 15.1. The van der Waals surface area contributed by atoms with Gasteiger partial charge in [-0.2, -0.15) is 0 Å². The number of rotatable bonds is 8. The van der Waals surface area contributed by atoms with Crippen LogP contribution >= 0.6 is 0 Å². The summed E-state index contributed by atoms with van der Waals surface area (Å²) in [6, 6.07) is 94.3. The molecule has 10 aromatic carbocycles. The predicted molar refractivity (Wildman–Crippen MR) is 270 cm³/mol. The van der Waals surface area contributed by atoms with Crippen molar-refractivity contribution in [3.63, 3.8) is 0 Å². The summed E-state index contributed by atoms with van der Waals surface area (Å²) in [5.74, 6) is 0. The van der Waals surface area contributed by atoms with E-state index in [-0.39, 0.29) is 0 Å². The first kappa shape index (κ1) is 36.8. The van der Waals surface area contributed by atoms with E-state index in [1.807, 2.05) is 0 Å². The van der Waals surface area contributed by atoms with Crippen molar-refractivity contribution in [3.05, 3.63) is 255 Å². The molecule has 2 aromatic heterocycles. The zero-order valence-corrected chi connectivity index (χ0v) is 35.6. The van der Waals surface area contributed by atoms with Crippen LogP contribution in [0.2, 0.25) is 0 Å². The Morgan fingerprint density at radius 2 is 0.714 bits per heavy atom. The van der Waals surface area contributed by atoms with E-state index in [4.69, 9.17) is 0 Å². The Labute approximate surface area is 368 Å². The molecule has 0 aliphatic carbocycles. The summed E-state index contributed by atoms with van der Waals surface area (Å²) in [7, 11) is -2.79. The monoisotopic (exact) mass is 818 g/mol. The fraction of sp³-hybridized carbons (Fsp3) is 0. The van der Waals surface area contributed by atoms with Crippen LogP contribution in [0.3, 0.4) is 0 Å². The maximum atomic E-state index is 2.52. The molecule has 3 heteroatoms. The van der Waals surface area contributed by atoms with Crippen molar-refractivity contribution >= 4 is 72.4 Å². The molecule has 12 aromatic rings. The largest absolute Gasteiger partial charge is 0.309 e. The van der Waals surface area contributed by atoms with Crippen molar-refractivity contribution in [2.24, 2.45) is 0 Å². The van der Waals surface area contributed by atoms with Crippen molar-refractivity contribution in [3.8, 4) is 33.6 Å². The molecule has 12 rings (SSSR count). The molecule has 0 amide bonds. The molecule has 63 heavy (non-hydrogen) atoms. The second kappa shape index (κ2) is 15.2. The van der Waals surface area contributed by atoms with E-state index in [1.165, 1.54) is 86.6 Å². The molecular weight excluding hydrogens is 777 g/mol. The van der Waals surface area contributed by atoms with Gasteiger partial charge in [-0.05, 0) is 73.8 Å². The number of benzene rings is 10. The van der Waals surface area contributed by atoms with Gasteiger partial charge in [-0.25, -0.2) is 0 Å². The third-order valence-corrected chi connectivity index (χ3v) is 17.8. The number of aromatic nitrogens is 2. The van der Waals surface area contributed by atoms with Gasteiger partial charge in [0.2, 0.25) is 0 Å². The summed E-state index contributed by atoms with van der Waals surface area (Å²) in [6.45, 7) is 0. The number of para-hydroxylation sites is 2. The highest BCUT2D eigenvalue weighted by molar-refractivity contribution is 7.20. The summed E-state index contributed by atoms with van der Waals surface area (Å²) in [6.07, 6.45) is 0. The van der Waals surface area contributed by atoms with Crippen LogP contribution in [-0.2, 0) is 0 Å². The van der Waals surface area contributed by atoms with Gasteiger partial charge in [0.1, 0.15) is 0 Å². The highest BCUT2D eigenvalue weighted by Crippen LogP contribution is 2.40. The lowest BCUT2D eigenvalue weighted by atomic mass is 10.0. The number of hydrogen-bond acceptors (Lipinski definition) is 0. The van der Waals surface area contributed by atoms with Crippen LogP contribution in [0, 0.1) is 0 Å². The number of fused-ring (bicyclic) bond motifs is 6. The normalized spacial score (nSPS) is 11.8. The summed E-state index contributed by atoms with van der Waals surface area (Å²) in [4.78, 5) is 0. The van der Waals surface area contributed by atoms with Gasteiger partial charge in [0.15, 0.2) is 8.07 Å². The molecule has 0 N–H and O–H groups in total. The summed E-state index contributed by atoms with van der Waals surface area (Å²) in [5.41, 5.74) is 11.8. The van der Waals surface area contributed by atoms with Gasteiger partial charge in [0.05, 0.1) is 22.1 Å². The maximum Gasteiger partial charge on any atom is 0.179 e. The molecule has 2 heterocycles. The Kier molecular flexibility index (Phi) is 8.87. The van der Waals surface area contributed by atoms with Crippen molar-refractivity contribution < 1.29 is 0 Å². The molecule has 0 spiro atoms. The summed E-state index contributed by atoms with van der Waals surface area (Å²) < 4.78 is 5.00. The highest BCUT2D eigenvalue weighted by atomic mass is 28.3. The molecule has 0 atom stereocenters. The van der Waals surface area contributed by atoms with Crippen LogP contribution in [0.1, 0.15) is 0 Å². The second-order valence-electron chi connectivity index (χ2n) is 16.5. The SMILES string of the molecule is c1ccc(-c2ccc(-n3c4cc(-n5c6ccccc6c6ccc([Si](c7ccccc7)(c7ccccc7)c7ccccc7)cc65)ccc4c4cccc(-c5ccccc5)c43)cc2)cc1. The van der Waals surface area contributed by atoms with E-state index in [1.54, 1.807) is 0 Å². The molecule has 0 saturated carbocycles. The molecule has 0 radical (unpaired) electrons.